The van der Waals surface area contributed by atoms with Gasteiger partial charge in [-0.25, -0.2) is 9.97 Å². The predicted molar refractivity (Wildman–Crippen MR) is 114 cm³/mol. The Balaban J connectivity index is 1.56. The second kappa shape index (κ2) is 7.54. The number of hydrogen-bond acceptors (Lipinski definition) is 5. The van der Waals surface area contributed by atoms with E-state index >= 15 is 0 Å². The minimum Gasteiger partial charge on any atom is -0.443 e. The first kappa shape index (κ1) is 18.9. The molecule has 1 saturated heterocycles. The highest BCUT2D eigenvalue weighted by Gasteiger charge is 2.29. The number of carbonyl (C=O) groups excluding carboxylic acids is 1. The molecule has 0 bridgehead atoms. The molecule has 1 fully saturated rings. The fraction of sp³-hybridized carbons (Fsp3) is 0.381. The van der Waals surface area contributed by atoms with Crippen molar-refractivity contribution in [1.29, 1.82) is 0 Å². The van der Waals surface area contributed by atoms with E-state index < -0.39 is 0 Å². The Morgan fingerprint density at radius 3 is 2.89 bits per heavy atom. The first-order valence-electron chi connectivity index (χ1n) is 9.46. The smallest absolute Gasteiger partial charge is 0.231 e. The van der Waals surface area contributed by atoms with E-state index in [4.69, 9.17) is 4.42 Å². The zero-order chi connectivity index (χ0) is 19.8. The fourth-order valence-electron chi connectivity index (χ4n) is 3.74. The molecule has 0 aliphatic carbocycles. The van der Waals surface area contributed by atoms with Gasteiger partial charge in [-0.05, 0) is 67.2 Å². The summed E-state index contributed by atoms with van der Waals surface area (Å²) in [6.07, 6.45) is 3.34. The van der Waals surface area contributed by atoms with Crippen LogP contribution in [0.1, 0.15) is 29.7 Å². The summed E-state index contributed by atoms with van der Waals surface area (Å²) in [4.78, 5) is 23.9. The third-order valence-corrected chi connectivity index (χ3v) is 6.08. The van der Waals surface area contributed by atoms with Crippen molar-refractivity contribution < 1.29 is 9.21 Å². The Hall–Kier alpha value is -2.41. The van der Waals surface area contributed by atoms with Crippen LogP contribution in [0.3, 0.4) is 0 Å². The molecule has 4 rings (SSSR count). The highest BCUT2D eigenvalue weighted by atomic mass is 79.9. The van der Waals surface area contributed by atoms with E-state index in [9.17, 15) is 4.79 Å². The topological polar surface area (TPSA) is 71.3 Å². The summed E-state index contributed by atoms with van der Waals surface area (Å²) in [5.74, 6) is 1.65. The van der Waals surface area contributed by atoms with Crippen LogP contribution >= 0.6 is 15.9 Å². The monoisotopic (exact) mass is 442 g/mol. The first-order valence-corrected chi connectivity index (χ1v) is 10.3. The van der Waals surface area contributed by atoms with Gasteiger partial charge in [-0.1, -0.05) is 6.07 Å². The molecule has 146 valence electrons. The summed E-state index contributed by atoms with van der Waals surface area (Å²) in [5.41, 5.74) is 3.61. The normalized spacial score (nSPS) is 17.1. The number of aromatic nitrogens is 2. The number of rotatable bonds is 3. The molecular formula is C21H23BrN4O2. The zero-order valence-electron chi connectivity index (χ0n) is 16.3. The lowest BCUT2D eigenvalue weighted by Crippen LogP contribution is -2.41. The van der Waals surface area contributed by atoms with Gasteiger partial charge in [0.1, 0.15) is 17.9 Å². The van der Waals surface area contributed by atoms with E-state index in [1.165, 1.54) is 6.33 Å². The highest BCUT2D eigenvalue weighted by Crippen LogP contribution is 2.33. The standard InChI is InChI=1S/C21H23BrN4O2/c1-12-6-7-17(16(22)9-12)25-20(27)15-5-4-8-26(10-15)19-18-13(2)14(3)28-21(18)24-11-23-19/h6-7,9,11,15H,4-5,8,10H2,1-3H3,(H,25,27). The van der Waals surface area contributed by atoms with Crippen LogP contribution in [0.2, 0.25) is 0 Å². The van der Waals surface area contributed by atoms with Crippen LogP contribution in [0.5, 0.6) is 0 Å². The Kier molecular flexibility index (Phi) is 5.10. The van der Waals surface area contributed by atoms with Crippen LogP contribution in [0.4, 0.5) is 11.5 Å². The minimum atomic E-state index is -0.0970. The minimum absolute atomic E-state index is 0.0413. The van der Waals surface area contributed by atoms with Gasteiger partial charge in [-0.15, -0.1) is 0 Å². The van der Waals surface area contributed by atoms with Gasteiger partial charge < -0.3 is 14.6 Å². The molecule has 1 aliphatic rings. The Labute approximate surface area is 172 Å². The molecule has 0 spiro atoms. The summed E-state index contributed by atoms with van der Waals surface area (Å²) in [6.45, 7) is 7.49. The molecule has 1 amide bonds. The summed E-state index contributed by atoms with van der Waals surface area (Å²) >= 11 is 3.53. The number of nitrogens with one attached hydrogen (secondary N) is 1. The summed E-state index contributed by atoms with van der Waals surface area (Å²) in [7, 11) is 0. The van der Waals surface area contributed by atoms with Crippen LogP contribution in [0.15, 0.2) is 33.4 Å². The zero-order valence-corrected chi connectivity index (χ0v) is 17.8. The lowest BCUT2D eigenvalue weighted by Gasteiger charge is -2.33. The third kappa shape index (κ3) is 3.51. The number of aryl methyl sites for hydroxylation is 3. The van der Waals surface area contributed by atoms with Crippen molar-refractivity contribution >= 4 is 44.4 Å². The van der Waals surface area contributed by atoms with Crippen LogP contribution in [-0.2, 0) is 4.79 Å². The second-order valence-electron chi connectivity index (χ2n) is 7.42. The highest BCUT2D eigenvalue weighted by molar-refractivity contribution is 9.10. The SMILES string of the molecule is Cc1ccc(NC(=O)C2CCCN(c3ncnc4oc(C)c(C)c34)C2)c(Br)c1. The molecule has 3 heterocycles. The van der Waals surface area contributed by atoms with E-state index in [0.717, 1.165) is 57.6 Å². The van der Waals surface area contributed by atoms with Crippen molar-refractivity contribution in [1.82, 2.24) is 9.97 Å². The number of furan rings is 1. The van der Waals surface area contributed by atoms with Crippen molar-refractivity contribution in [2.45, 2.75) is 33.6 Å². The molecule has 0 saturated carbocycles. The van der Waals surface area contributed by atoms with Crippen LogP contribution in [-0.4, -0.2) is 29.0 Å². The third-order valence-electron chi connectivity index (χ3n) is 5.42. The number of fused-ring (bicyclic) bond motifs is 1. The number of amides is 1. The van der Waals surface area contributed by atoms with Crippen molar-refractivity contribution in [2.24, 2.45) is 5.92 Å². The number of nitrogens with zero attached hydrogens (tertiary/aromatic N) is 3. The van der Waals surface area contributed by atoms with Crippen LogP contribution < -0.4 is 10.2 Å². The molecule has 1 N–H and O–H groups in total. The predicted octanol–water partition coefficient (Wildman–Crippen LogP) is 4.77. The van der Waals surface area contributed by atoms with E-state index in [2.05, 4.69) is 36.1 Å². The summed E-state index contributed by atoms with van der Waals surface area (Å²) < 4.78 is 6.64. The number of anilines is 2. The van der Waals surface area contributed by atoms with Gasteiger partial charge in [0.25, 0.3) is 0 Å². The molecule has 1 aliphatic heterocycles. The second-order valence-corrected chi connectivity index (χ2v) is 8.27. The van der Waals surface area contributed by atoms with Gasteiger partial charge in [0, 0.05) is 23.1 Å². The molecule has 1 atom stereocenters. The molecule has 7 heteroatoms. The van der Waals surface area contributed by atoms with Gasteiger partial charge in [0.15, 0.2) is 0 Å². The van der Waals surface area contributed by atoms with Crippen molar-refractivity contribution in [2.75, 3.05) is 23.3 Å². The van der Waals surface area contributed by atoms with E-state index in [0.29, 0.717) is 12.3 Å². The quantitative estimate of drug-likeness (QED) is 0.632. The molecule has 2 aromatic heterocycles. The average Bonchev–Trinajstić information content (AvgIpc) is 2.98. The molecule has 0 radical (unpaired) electrons. The largest absolute Gasteiger partial charge is 0.443 e. The van der Waals surface area contributed by atoms with Crippen molar-refractivity contribution in [3.63, 3.8) is 0 Å². The Morgan fingerprint density at radius 2 is 2.11 bits per heavy atom. The first-order chi connectivity index (χ1) is 13.4. The molecule has 6 nitrogen and oxygen atoms in total. The fourth-order valence-corrected chi connectivity index (χ4v) is 4.34. The van der Waals surface area contributed by atoms with E-state index in [1.807, 2.05) is 39.0 Å². The molecule has 28 heavy (non-hydrogen) atoms. The number of carbonyl (C=O) groups is 1. The molecular weight excluding hydrogens is 420 g/mol. The van der Waals surface area contributed by atoms with Crippen LogP contribution in [0, 0.1) is 26.7 Å². The molecule has 1 unspecified atom stereocenters. The Morgan fingerprint density at radius 1 is 1.29 bits per heavy atom. The van der Waals surface area contributed by atoms with E-state index in [-0.39, 0.29) is 11.8 Å². The van der Waals surface area contributed by atoms with Gasteiger partial charge in [0.2, 0.25) is 11.6 Å². The lowest BCUT2D eigenvalue weighted by atomic mass is 9.96. The van der Waals surface area contributed by atoms with Gasteiger partial charge >= 0.3 is 0 Å². The maximum absolute atomic E-state index is 12.9. The lowest BCUT2D eigenvalue weighted by molar-refractivity contribution is -0.120. The van der Waals surface area contributed by atoms with Crippen LogP contribution in [0.25, 0.3) is 11.1 Å². The van der Waals surface area contributed by atoms with E-state index in [1.54, 1.807) is 0 Å². The maximum atomic E-state index is 12.9. The summed E-state index contributed by atoms with van der Waals surface area (Å²) in [6, 6.07) is 5.93. The van der Waals surface area contributed by atoms with Gasteiger partial charge in [-0.3, -0.25) is 4.79 Å². The van der Waals surface area contributed by atoms with Gasteiger partial charge in [0.05, 0.1) is 17.0 Å². The summed E-state index contributed by atoms with van der Waals surface area (Å²) in [5, 5.41) is 4.01. The molecule has 1 aromatic carbocycles. The maximum Gasteiger partial charge on any atom is 0.231 e. The average molecular weight is 443 g/mol. The Bertz CT molecular complexity index is 1050. The number of piperidine rings is 1. The number of benzene rings is 1. The van der Waals surface area contributed by atoms with Crippen molar-refractivity contribution in [3.8, 4) is 0 Å². The number of halogens is 1. The molecule has 3 aromatic rings. The van der Waals surface area contributed by atoms with Crippen molar-refractivity contribution in [3.05, 3.63) is 45.9 Å². The van der Waals surface area contributed by atoms with Gasteiger partial charge in [-0.2, -0.15) is 0 Å². The number of hydrogen-bond donors (Lipinski definition) is 1.